The summed E-state index contributed by atoms with van der Waals surface area (Å²) >= 11 is 0. The van der Waals surface area contributed by atoms with Gasteiger partial charge in [-0.25, -0.2) is 4.98 Å². The number of amides is 2. The Bertz CT molecular complexity index is 1420. The molecule has 184 valence electrons. The fourth-order valence-electron chi connectivity index (χ4n) is 4.34. The Morgan fingerprint density at radius 3 is 2.72 bits per heavy atom. The van der Waals surface area contributed by atoms with Crippen LogP contribution in [0.5, 0.6) is 11.5 Å². The van der Waals surface area contributed by atoms with Crippen LogP contribution < -0.4 is 20.1 Å². The predicted molar refractivity (Wildman–Crippen MR) is 135 cm³/mol. The summed E-state index contributed by atoms with van der Waals surface area (Å²) in [6.07, 6.45) is 3.88. The van der Waals surface area contributed by atoms with Crippen molar-refractivity contribution in [1.29, 1.82) is 0 Å². The topological polar surface area (TPSA) is 107 Å². The largest absolute Gasteiger partial charge is 0.486 e. The van der Waals surface area contributed by atoms with Crippen molar-refractivity contribution in [1.82, 2.24) is 19.9 Å². The Morgan fingerprint density at radius 2 is 1.97 bits per heavy atom. The number of hydrogen-bond donors (Lipinski definition) is 2. The summed E-state index contributed by atoms with van der Waals surface area (Å²) in [4.78, 5) is 34.3. The number of nitrogens with zero attached hydrogens (tertiary/aromatic N) is 3. The minimum absolute atomic E-state index is 0.224. The van der Waals surface area contributed by atoms with Gasteiger partial charge >= 0.3 is 0 Å². The zero-order valence-corrected chi connectivity index (χ0v) is 20.2. The number of hydrogen-bond acceptors (Lipinski definition) is 6. The molecule has 0 bridgehead atoms. The zero-order chi connectivity index (χ0) is 25.1. The monoisotopic (exact) mass is 485 g/mol. The molecule has 1 aliphatic heterocycles. The SMILES string of the molecule is CCc1nc2cc(NC(C)=O)cc(C(=O)NC[C@@H]3COc4ccccc4O3)c2n1Cc1cccnc1. The van der Waals surface area contributed by atoms with E-state index in [1.807, 2.05) is 47.9 Å². The Morgan fingerprint density at radius 1 is 1.14 bits per heavy atom. The standard InChI is InChI=1S/C27H27N5O4/c1-3-25-31-22-12-19(30-17(2)33)11-21(26(22)32(25)15-18-7-6-10-28-13-18)27(34)29-14-20-16-35-23-8-4-5-9-24(23)36-20/h4-13,20H,3,14-16H2,1-2H3,(H,29,34)(H,30,33)/t20-/m1/s1. The molecule has 9 nitrogen and oxygen atoms in total. The number of aromatic nitrogens is 3. The smallest absolute Gasteiger partial charge is 0.253 e. The molecule has 0 saturated carbocycles. The summed E-state index contributed by atoms with van der Waals surface area (Å²) in [7, 11) is 0. The molecule has 4 aromatic rings. The maximum atomic E-state index is 13.5. The van der Waals surface area contributed by atoms with E-state index in [9.17, 15) is 9.59 Å². The van der Waals surface area contributed by atoms with Crippen molar-refractivity contribution >= 4 is 28.5 Å². The van der Waals surface area contributed by atoms with E-state index < -0.39 is 0 Å². The number of anilines is 1. The average molecular weight is 486 g/mol. The Kier molecular flexibility index (Phi) is 6.53. The number of nitrogens with one attached hydrogen (secondary N) is 2. The van der Waals surface area contributed by atoms with Crippen molar-refractivity contribution in [3.05, 3.63) is 77.9 Å². The highest BCUT2D eigenvalue weighted by Crippen LogP contribution is 2.31. The number of rotatable bonds is 7. The highest BCUT2D eigenvalue weighted by molar-refractivity contribution is 6.07. The molecule has 2 aromatic heterocycles. The third-order valence-electron chi connectivity index (χ3n) is 5.92. The quantitative estimate of drug-likeness (QED) is 0.414. The molecule has 0 aliphatic carbocycles. The van der Waals surface area contributed by atoms with E-state index in [2.05, 4.69) is 15.6 Å². The second kappa shape index (κ2) is 10.1. The summed E-state index contributed by atoms with van der Waals surface area (Å²) in [5, 5.41) is 5.76. The molecule has 1 atom stereocenters. The Balaban J connectivity index is 1.47. The van der Waals surface area contributed by atoms with Crippen LogP contribution in [0.2, 0.25) is 0 Å². The second-order valence-corrected chi connectivity index (χ2v) is 8.61. The van der Waals surface area contributed by atoms with E-state index in [-0.39, 0.29) is 24.5 Å². The molecule has 0 unspecified atom stereocenters. The summed E-state index contributed by atoms with van der Waals surface area (Å²) in [5.41, 5.74) is 3.27. The van der Waals surface area contributed by atoms with Crippen molar-refractivity contribution < 1.29 is 19.1 Å². The van der Waals surface area contributed by atoms with E-state index in [0.717, 1.165) is 11.4 Å². The summed E-state index contributed by atoms with van der Waals surface area (Å²) in [6.45, 7) is 4.56. The highest BCUT2D eigenvalue weighted by Gasteiger charge is 2.24. The van der Waals surface area contributed by atoms with Crippen LogP contribution in [0.15, 0.2) is 60.9 Å². The van der Waals surface area contributed by atoms with Crippen molar-refractivity contribution in [2.75, 3.05) is 18.5 Å². The zero-order valence-electron chi connectivity index (χ0n) is 20.2. The van der Waals surface area contributed by atoms with Crippen LogP contribution in [-0.2, 0) is 17.8 Å². The number of imidazole rings is 1. The molecule has 0 fully saturated rings. The fourth-order valence-corrected chi connectivity index (χ4v) is 4.34. The van der Waals surface area contributed by atoms with Gasteiger partial charge in [0, 0.05) is 31.4 Å². The van der Waals surface area contributed by atoms with Crippen molar-refractivity contribution in [2.24, 2.45) is 0 Å². The molecule has 5 rings (SSSR count). The molecule has 2 N–H and O–H groups in total. The lowest BCUT2D eigenvalue weighted by atomic mass is 10.1. The molecule has 0 radical (unpaired) electrons. The molecule has 2 amide bonds. The molecule has 0 spiro atoms. The van der Waals surface area contributed by atoms with Gasteiger partial charge in [0.25, 0.3) is 5.91 Å². The molecule has 3 heterocycles. The van der Waals surface area contributed by atoms with E-state index >= 15 is 0 Å². The Labute approximate surface area is 208 Å². The van der Waals surface area contributed by atoms with Gasteiger partial charge in [-0.05, 0) is 35.9 Å². The van der Waals surface area contributed by atoms with Crippen LogP contribution >= 0.6 is 0 Å². The van der Waals surface area contributed by atoms with E-state index in [1.54, 1.807) is 24.5 Å². The van der Waals surface area contributed by atoms with E-state index in [0.29, 0.717) is 53.4 Å². The molecule has 1 aliphatic rings. The third-order valence-corrected chi connectivity index (χ3v) is 5.92. The van der Waals surface area contributed by atoms with Gasteiger partial charge in [-0.3, -0.25) is 14.6 Å². The summed E-state index contributed by atoms with van der Waals surface area (Å²) in [6, 6.07) is 14.8. The maximum Gasteiger partial charge on any atom is 0.253 e. The van der Waals surface area contributed by atoms with Gasteiger partial charge in [0.2, 0.25) is 5.91 Å². The van der Waals surface area contributed by atoms with Gasteiger partial charge in [0.15, 0.2) is 11.5 Å². The minimum atomic E-state index is -0.329. The first-order valence-corrected chi connectivity index (χ1v) is 11.9. The number of para-hydroxylation sites is 2. The van der Waals surface area contributed by atoms with Crippen LogP contribution in [0.25, 0.3) is 11.0 Å². The van der Waals surface area contributed by atoms with Crippen LogP contribution in [0.3, 0.4) is 0 Å². The number of benzene rings is 2. The number of fused-ring (bicyclic) bond motifs is 2. The number of aryl methyl sites for hydroxylation is 1. The lowest BCUT2D eigenvalue weighted by molar-refractivity contribution is -0.114. The van der Waals surface area contributed by atoms with Gasteiger partial charge in [0.05, 0.1) is 29.7 Å². The maximum absolute atomic E-state index is 13.5. The predicted octanol–water partition coefficient (Wildman–Crippen LogP) is 3.57. The highest BCUT2D eigenvalue weighted by atomic mass is 16.6. The van der Waals surface area contributed by atoms with E-state index in [4.69, 9.17) is 14.5 Å². The van der Waals surface area contributed by atoms with Crippen LogP contribution in [-0.4, -0.2) is 45.6 Å². The Hall–Kier alpha value is -4.40. The van der Waals surface area contributed by atoms with Gasteiger partial charge in [-0.1, -0.05) is 25.1 Å². The fraction of sp³-hybridized carbons (Fsp3) is 0.259. The summed E-state index contributed by atoms with van der Waals surface area (Å²) < 4.78 is 13.8. The van der Waals surface area contributed by atoms with Gasteiger partial charge in [-0.2, -0.15) is 0 Å². The van der Waals surface area contributed by atoms with Crippen molar-refractivity contribution in [3.8, 4) is 11.5 Å². The molecule has 9 heteroatoms. The van der Waals surface area contributed by atoms with Crippen LogP contribution in [0.4, 0.5) is 5.69 Å². The van der Waals surface area contributed by atoms with Crippen LogP contribution in [0.1, 0.15) is 35.6 Å². The molecular formula is C27H27N5O4. The van der Waals surface area contributed by atoms with E-state index in [1.165, 1.54) is 6.92 Å². The first-order valence-electron chi connectivity index (χ1n) is 11.9. The van der Waals surface area contributed by atoms with Crippen molar-refractivity contribution in [3.63, 3.8) is 0 Å². The third kappa shape index (κ3) is 4.86. The number of ether oxygens (including phenoxy) is 2. The van der Waals surface area contributed by atoms with Gasteiger partial charge in [-0.15, -0.1) is 0 Å². The average Bonchev–Trinajstić information content (AvgIpc) is 3.24. The molecular weight excluding hydrogens is 458 g/mol. The lowest BCUT2D eigenvalue weighted by Gasteiger charge is -2.26. The second-order valence-electron chi connectivity index (χ2n) is 8.61. The normalized spacial score (nSPS) is 14.4. The minimum Gasteiger partial charge on any atom is -0.486 e. The molecule has 36 heavy (non-hydrogen) atoms. The molecule has 0 saturated heterocycles. The van der Waals surface area contributed by atoms with Crippen molar-refractivity contribution in [2.45, 2.75) is 32.9 Å². The lowest BCUT2D eigenvalue weighted by Crippen LogP contribution is -2.40. The number of carbonyl (C=O) groups excluding carboxylic acids is 2. The molecule has 2 aromatic carbocycles. The number of carbonyl (C=O) groups is 2. The van der Waals surface area contributed by atoms with Crippen LogP contribution in [0, 0.1) is 0 Å². The number of pyridine rings is 1. The summed E-state index contributed by atoms with van der Waals surface area (Å²) in [5.74, 6) is 1.67. The first kappa shape index (κ1) is 23.3. The van der Waals surface area contributed by atoms with Gasteiger partial charge < -0.3 is 24.7 Å². The first-order chi connectivity index (χ1) is 17.5. The van der Waals surface area contributed by atoms with Gasteiger partial charge in [0.1, 0.15) is 18.5 Å².